The first-order valence-electron chi connectivity index (χ1n) is 17.6. The Morgan fingerprint density at radius 1 is 1.10 bits per heavy atom. The second kappa shape index (κ2) is 17.9. The van der Waals surface area contributed by atoms with Crippen LogP contribution in [0.1, 0.15) is 87.6 Å². The summed E-state index contributed by atoms with van der Waals surface area (Å²) in [7, 11) is -2.24. The topological polar surface area (TPSA) is 176 Å². The molecule has 14 nitrogen and oxygen atoms in total. The quantitative estimate of drug-likeness (QED) is 0.0307. The number of benzene rings is 1. The SMILES string of the molecule is CC(C)(C)OC(=O)NC[C@@H](Cn1cc(-c2ccc3c(c2)CC[C@H](C(C)(ON)C(=O)OC(C)(C)C)O3)c[n+]1CCCN=[N+]=[N-])O[Si](C)(C)C(C)(C)C.[Pd]. The zero-order valence-corrected chi connectivity index (χ0v) is 35.5. The van der Waals surface area contributed by atoms with Crippen molar-refractivity contribution in [2.45, 2.75) is 149 Å². The number of alkyl carbamates (subject to hydrolysis) is 1. The molecule has 1 aromatic heterocycles. The van der Waals surface area contributed by atoms with Crippen molar-refractivity contribution in [1.29, 1.82) is 0 Å². The van der Waals surface area contributed by atoms with Crippen LogP contribution in [0.4, 0.5) is 4.79 Å². The Balaban J connectivity index is 0.00000936. The number of nitrogens with one attached hydrogen (secondary N) is 1. The van der Waals surface area contributed by atoms with E-state index < -0.39 is 43.3 Å². The maximum Gasteiger partial charge on any atom is 0.407 e. The van der Waals surface area contributed by atoms with Gasteiger partial charge in [0.05, 0.1) is 17.9 Å². The van der Waals surface area contributed by atoms with E-state index >= 15 is 0 Å². The Hall–Kier alpha value is -2.96. The average Bonchev–Trinajstić information content (AvgIpc) is 3.40. The molecule has 294 valence electrons. The number of nitrogens with two attached hydrogens (primary N) is 1. The molecule has 3 N–H and O–H groups in total. The number of azide groups is 1. The third-order valence-electron chi connectivity index (χ3n) is 9.15. The van der Waals surface area contributed by atoms with Crippen LogP contribution in [-0.4, -0.2) is 67.2 Å². The number of amides is 1. The third-order valence-corrected chi connectivity index (χ3v) is 13.7. The van der Waals surface area contributed by atoms with Crippen molar-refractivity contribution in [3.8, 4) is 16.9 Å². The number of nitrogens with zero attached hydrogens (tertiary/aromatic N) is 5. The maximum absolute atomic E-state index is 13.1. The van der Waals surface area contributed by atoms with Gasteiger partial charge < -0.3 is 24.0 Å². The van der Waals surface area contributed by atoms with E-state index in [0.29, 0.717) is 44.6 Å². The van der Waals surface area contributed by atoms with Crippen LogP contribution in [0.15, 0.2) is 35.7 Å². The van der Waals surface area contributed by atoms with Gasteiger partial charge in [-0.2, -0.15) is 4.68 Å². The summed E-state index contributed by atoms with van der Waals surface area (Å²) in [5, 5.41) is 6.59. The Kier molecular flexibility index (Phi) is 15.6. The van der Waals surface area contributed by atoms with Gasteiger partial charge >= 0.3 is 12.1 Å². The molecule has 0 saturated heterocycles. The molecule has 0 radical (unpaired) electrons. The van der Waals surface area contributed by atoms with Crippen molar-refractivity contribution < 1.29 is 58.2 Å². The van der Waals surface area contributed by atoms with Crippen LogP contribution in [0, 0.1) is 0 Å². The van der Waals surface area contributed by atoms with E-state index in [1.807, 2.05) is 32.9 Å². The van der Waals surface area contributed by atoms with Crippen molar-refractivity contribution >= 4 is 20.4 Å². The van der Waals surface area contributed by atoms with Crippen molar-refractivity contribution in [2.75, 3.05) is 13.1 Å². The summed E-state index contributed by atoms with van der Waals surface area (Å²) in [4.78, 5) is 33.8. The van der Waals surface area contributed by atoms with E-state index in [1.165, 1.54) is 0 Å². The van der Waals surface area contributed by atoms with Crippen molar-refractivity contribution in [1.82, 2.24) is 10.00 Å². The number of hydrogen-bond donors (Lipinski definition) is 2. The minimum Gasteiger partial charge on any atom is -0.486 e. The summed E-state index contributed by atoms with van der Waals surface area (Å²) in [5.74, 6) is 5.72. The maximum atomic E-state index is 13.1. The number of carbonyl (C=O) groups is 2. The van der Waals surface area contributed by atoms with Gasteiger partial charge in [0.1, 0.15) is 29.6 Å². The molecular weight excluding hydrogens is 777 g/mol. The molecular formula is C36H60N7O7PdSi+. The van der Waals surface area contributed by atoms with Gasteiger partial charge in [-0.15, -0.1) is 4.68 Å². The van der Waals surface area contributed by atoms with E-state index in [1.54, 1.807) is 27.7 Å². The standard InChI is InChI=1S/C36H59N7O7Si.Pd/c1-33(2,3)47-31(44)36(10,50-38)30-17-15-26-20-25(14-16-29(26)46-30)27-22-42(19-13-18-40-41-37)43(23-27)24-28(49-51(11,12)35(7,8)9)21-39-32(45)48-34(4,5)6;/h14,16,20,22-23,28,30H,13,15,17-19,21,24,38H2,1-12H3;/p+1/t28-,30+,36?;/m0./s1. The van der Waals surface area contributed by atoms with E-state index in [4.69, 9.17) is 34.9 Å². The van der Waals surface area contributed by atoms with E-state index in [2.05, 4.69) is 77.0 Å². The van der Waals surface area contributed by atoms with Gasteiger partial charge in [0.15, 0.2) is 14.9 Å². The summed E-state index contributed by atoms with van der Waals surface area (Å²) in [6, 6.07) is 5.98. The average molecular weight is 837 g/mol. The molecule has 1 aliphatic heterocycles. The molecule has 3 atom stereocenters. The first kappa shape index (κ1) is 45.2. The van der Waals surface area contributed by atoms with Gasteiger partial charge in [-0.1, -0.05) is 32.0 Å². The monoisotopic (exact) mass is 836 g/mol. The Morgan fingerprint density at radius 3 is 2.33 bits per heavy atom. The van der Waals surface area contributed by atoms with E-state index in [0.717, 1.165) is 16.7 Å². The predicted octanol–water partition coefficient (Wildman–Crippen LogP) is 6.74. The van der Waals surface area contributed by atoms with Crippen LogP contribution in [0.3, 0.4) is 0 Å². The van der Waals surface area contributed by atoms with Crippen LogP contribution in [-0.2, 0) is 63.5 Å². The summed E-state index contributed by atoms with van der Waals surface area (Å²) >= 11 is 0. The van der Waals surface area contributed by atoms with Gasteiger partial charge in [-0.05, 0) is 108 Å². The summed E-state index contributed by atoms with van der Waals surface area (Å²) in [6.45, 7) is 25.1. The largest absolute Gasteiger partial charge is 0.486 e. The molecule has 1 amide bonds. The Bertz CT molecular complexity index is 1580. The summed E-state index contributed by atoms with van der Waals surface area (Å²) in [5.41, 5.74) is 8.96. The fourth-order valence-electron chi connectivity index (χ4n) is 5.40. The molecule has 2 aromatic rings. The van der Waals surface area contributed by atoms with Crippen molar-refractivity contribution in [3.05, 3.63) is 46.6 Å². The summed E-state index contributed by atoms with van der Waals surface area (Å²) < 4.78 is 28.5. The normalized spacial score (nSPS) is 16.6. The van der Waals surface area contributed by atoms with Gasteiger partial charge in [0, 0.05) is 44.8 Å². The summed E-state index contributed by atoms with van der Waals surface area (Å²) in [6.07, 6.45) is 4.44. The minimum atomic E-state index is -2.24. The molecule has 16 heteroatoms. The number of rotatable bonds is 14. The Morgan fingerprint density at radius 2 is 1.75 bits per heavy atom. The number of esters is 1. The van der Waals surface area contributed by atoms with Gasteiger partial charge in [0.2, 0.25) is 11.8 Å². The van der Waals surface area contributed by atoms with E-state index in [-0.39, 0.29) is 38.1 Å². The molecule has 0 aliphatic carbocycles. The molecule has 3 rings (SSSR count). The molecule has 52 heavy (non-hydrogen) atoms. The second-order valence-corrected chi connectivity index (χ2v) is 21.6. The molecule has 1 aliphatic rings. The van der Waals surface area contributed by atoms with Crippen LogP contribution >= 0.6 is 0 Å². The number of fused-ring (bicyclic) bond motifs is 1. The van der Waals surface area contributed by atoms with Crippen molar-refractivity contribution in [3.63, 3.8) is 0 Å². The Labute approximate surface area is 323 Å². The fourth-order valence-corrected chi connectivity index (χ4v) is 6.74. The van der Waals surface area contributed by atoms with Crippen LogP contribution in [0.2, 0.25) is 18.1 Å². The molecule has 0 spiro atoms. The fraction of sp³-hybridized carbons (Fsp3) is 0.694. The smallest absolute Gasteiger partial charge is 0.407 e. The molecule has 2 heterocycles. The van der Waals surface area contributed by atoms with Gasteiger partial charge in [-0.3, -0.25) is 4.84 Å². The van der Waals surface area contributed by atoms with Gasteiger partial charge in [-0.25, -0.2) is 15.5 Å². The van der Waals surface area contributed by atoms with Crippen molar-refractivity contribution in [2.24, 2.45) is 11.0 Å². The molecule has 0 fully saturated rings. The van der Waals surface area contributed by atoms with Crippen LogP contribution in [0.5, 0.6) is 5.75 Å². The van der Waals surface area contributed by atoms with Crippen LogP contribution in [0.25, 0.3) is 21.6 Å². The first-order valence-corrected chi connectivity index (χ1v) is 20.6. The number of aryl methyl sites for hydroxylation is 2. The number of aromatic nitrogens is 2. The second-order valence-electron chi connectivity index (χ2n) is 16.9. The molecule has 0 saturated carbocycles. The van der Waals surface area contributed by atoms with Gasteiger partial charge in [0.25, 0.3) is 0 Å². The minimum absolute atomic E-state index is 0. The molecule has 1 aromatic carbocycles. The number of hydrogen-bond acceptors (Lipinski definition) is 9. The molecule has 1 unspecified atom stereocenters. The third kappa shape index (κ3) is 12.6. The molecule has 0 bridgehead atoms. The number of ether oxygens (including phenoxy) is 3. The first-order chi connectivity index (χ1) is 23.5. The predicted molar refractivity (Wildman–Crippen MR) is 197 cm³/mol. The zero-order valence-electron chi connectivity index (χ0n) is 33.0. The number of carbonyl (C=O) groups excluding carboxylic acids is 2. The van der Waals surface area contributed by atoms with Crippen LogP contribution < -0.4 is 20.6 Å². The zero-order chi connectivity index (χ0) is 38.4. The van der Waals surface area contributed by atoms with E-state index in [9.17, 15) is 9.59 Å².